The van der Waals surface area contributed by atoms with Crippen LogP contribution in [-0.4, -0.2) is 43.2 Å². The fourth-order valence-electron chi connectivity index (χ4n) is 3.06. The molecule has 8 nitrogen and oxygen atoms in total. The van der Waals surface area contributed by atoms with Gasteiger partial charge in [-0.05, 0) is 31.9 Å². The van der Waals surface area contributed by atoms with Gasteiger partial charge in [0.05, 0.1) is 15.5 Å². The van der Waals surface area contributed by atoms with Crippen LogP contribution >= 0.6 is 11.3 Å². The van der Waals surface area contributed by atoms with E-state index in [1.54, 1.807) is 4.90 Å². The monoisotopic (exact) mass is 432 g/mol. The zero-order chi connectivity index (χ0) is 20.5. The number of sulfone groups is 1. The van der Waals surface area contributed by atoms with E-state index in [2.05, 4.69) is 10.3 Å². The molecule has 0 bridgehead atoms. The molecule has 152 valence electrons. The van der Waals surface area contributed by atoms with Gasteiger partial charge in [0.1, 0.15) is 5.69 Å². The fourth-order valence-corrected chi connectivity index (χ4v) is 4.56. The number of rotatable bonds is 6. The van der Waals surface area contributed by atoms with Gasteiger partial charge in [-0.1, -0.05) is 0 Å². The molecule has 0 saturated carbocycles. The van der Waals surface area contributed by atoms with E-state index in [9.17, 15) is 27.3 Å². The number of nitrogens with zero attached hydrogens (tertiary/aromatic N) is 3. The number of hydrogen-bond donors (Lipinski definition) is 1. The van der Waals surface area contributed by atoms with Crippen molar-refractivity contribution in [3.05, 3.63) is 39.4 Å². The third-order valence-electron chi connectivity index (χ3n) is 4.49. The van der Waals surface area contributed by atoms with Gasteiger partial charge in [-0.3, -0.25) is 10.1 Å². The number of anilines is 2. The number of alkyl halides is 2. The number of nitrogens with one attached hydrogen (secondary N) is 1. The zero-order valence-electron chi connectivity index (χ0n) is 14.8. The molecule has 1 aromatic carbocycles. The number of hydrogen-bond acceptors (Lipinski definition) is 8. The van der Waals surface area contributed by atoms with Gasteiger partial charge in [-0.15, -0.1) is 11.3 Å². The van der Waals surface area contributed by atoms with Crippen molar-refractivity contribution >= 4 is 37.7 Å². The summed E-state index contributed by atoms with van der Waals surface area (Å²) in [4.78, 5) is 16.0. The van der Waals surface area contributed by atoms with Crippen LogP contribution < -0.4 is 10.2 Å². The molecule has 2 heterocycles. The van der Waals surface area contributed by atoms with E-state index in [1.165, 1.54) is 17.4 Å². The maximum absolute atomic E-state index is 12.7. The maximum Gasteiger partial charge on any atom is 0.341 e. The largest absolute Gasteiger partial charge is 0.366 e. The van der Waals surface area contributed by atoms with Crippen LogP contribution in [0.4, 0.5) is 25.3 Å². The highest BCUT2D eigenvalue weighted by atomic mass is 32.2. The number of piperidine rings is 1. The molecule has 0 unspecified atom stereocenters. The van der Waals surface area contributed by atoms with E-state index in [-0.39, 0.29) is 11.7 Å². The molecule has 12 heteroatoms. The Bertz CT molecular complexity index is 973. The van der Waals surface area contributed by atoms with E-state index in [1.807, 2.05) is 12.3 Å². The second-order valence-corrected chi connectivity index (χ2v) is 9.19. The van der Waals surface area contributed by atoms with Crippen LogP contribution in [0.25, 0.3) is 0 Å². The average Bonchev–Trinajstić information content (AvgIpc) is 3.06. The van der Waals surface area contributed by atoms with Crippen LogP contribution in [0.3, 0.4) is 0 Å². The van der Waals surface area contributed by atoms with Crippen molar-refractivity contribution in [3.63, 3.8) is 0 Å². The minimum Gasteiger partial charge on any atom is -0.366 e. The smallest absolute Gasteiger partial charge is 0.341 e. The summed E-state index contributed by atoms with van der Waals surface area (Å²) < 4.78 is 48.7. The lowest BCUT2D eigenvalue weighted by atomic mass is 10.0. The van der Waals surface area contributed by atoms with E-state index in [0.29, 0.717) is 32.0 Å². The number of nitro groups is 1. The molecule has 3 rings (SSSR count). The lowest BCUT2D eigenvalue weighted by molar-refractivity contribution is -0.384. The Kier molecular flexibility index (Phi) is 5.79. The van der Waals surface area contributed by atoms with Crippen LogP contribution in [0, 0.1) is 17.0 Å². The molecular formula is C16H18F2N4O4S2. The highest BCUT2D eigenvalue weighted by Crippen LogP contribution is 2.34. The van der Waals surface area contributed by atoms with Crippen LogP contribution in [0.1, 0.15) is 18.5 Å². The van der Waals surface area contributed by atoms with Crippen molar-refractivity contribution in [2.24, 2.45) is 0 Å². The molecule has 0 amide bonds. The third kappa shape index (κ3) is 4.22. The standard InChI is InChI=1S/C16H18F2N4O4S2/c1-10-9-27-16(19-10)20-11-4-6-21(7-5-11)13-3-2-12(8-14(13)22(23)24)28(25,26)15(17)18/h2-3,8-9,11,15H,4-7H2,1H3,(H,19,20). The number of thiazole rings is 1. The van der Waals surface area contributed by atoms with Crippen molar-refractivity contribution in [2.45, 2.75) is 36.5 Å². The quantitative estimate of drug-likeness (QED) is 0.551. The van der Waals surface area contributed by atoms with Crippen molar-refractivity contribution in [1.29, 1.82) is 0 Å². The summed E-state index contributed by atoms with van der Waals surface area (Å²) in [5.74, 6) is -3.63. The summed E-state index contributed by atoms with van der Waals surface area (Å²) in [7, 11) is -4.89. The predicted octanol–water partition coefficient (Wildman–Crippen LogP) is 3.44. The van der Waals surface area contributed by atoms with E-state index >= 15 is 0 Å². The molecule has 1 saturated heterocycles. The van der Waals surface area contributed by atoms with Crippen molar-refractivity contribution in [3.8, 4) is 0 Å². The van der Waals surface area contributed by atoms with Crippen LogP contribution in [-0.2, 0) is 9.84 Å². The summed E-state index contributed by atoms with van der Waals surface area (Å²) >= 11 is 1.51. The van der Waals surface area contributed by atoms with E-state index in [0.717, 1.165) is 16.9 Å². The Morgan fingerprint density at radius 3 is 2.57 bits per heavy atom. The predicted molar refractivity (Wildman–Crippen MR) is 102 cm³/mol. The lowest BCUT2D eigenvalue weighted by Crippen LogP contribution is -2.39. The molecule has 0 radical (unpaired) electrons. The van der Waals surface area contributed by atoms with Crippen molar-refractivity contribution in [2.75, 3.05) is 23.3 Å². The van der Waals surface area contributed by atoms with Gasteiger partial charge >= 0.3 is 5.76 Å². The first-order chi connectivity index (χ1) is 13.2. The Morgan fingerprint density at radius 1 is 1.36 bits per heavy atom. The topological polar surface area (TPSA) is 105 Å². The van der Waals surface area contributed by atoms with Crippen LogP contribution in [0.2, 0.25) is 0 Å². The molecule has 1 fully saturated rings. The molecule has 0 spiro atoms. The van der Waals surface area contributed by atoms with Crippen LogP contribution in [0.5, 0.6) is 0 Å². The van der Waals surface area contributed by atoms with Crippen molar-refractivity contribution in [1.82, 2.24) is 4.98 Å². The highest BCUT2D eigenvalue weighted by molar-refractivity contribution is 7.91. The number of benzene rings is 1. The normalized spacial score (nSPS) is 15.8. The third-order valence-corrected chi connectivity index (χ3v) is 6.76. The second kappa shape index (κ2) is 7.95. The highest BCUT2D eigenvalue weighted by Gasteiger charge is 2.31. The molecule has 28 heavy (non-hydrogen) atoms. The zero-order valence-corrected chi connectivity index (χ0v) is 16.5. The molecule has 1 aliphatic rings. The Hall–Kier alpha value is -2.34. The van der Waals surface area contributed by atoms with Gasteiger partial charge in [0.25, 0.3) is 5.69 Å². The van der Waals surface area contributed by atoms with Gasteiger partial charge in [-0.2, -0.15) is 8.78 Å². The average molecular weight is 432 g/mol. The summed E-state index contributed by atoms with van der Waals surface area (Å²) in [5.41, 5.74) is 0.657. The van der Waals surface area contributed by atoms with Gasteiger partial charge in [-0.25, -0.2) is 13.4 Å². The Labute approximate surface area is 164 Å². The van der Waals surface area contributed by atoms with E-state index in [4.69, 9.17) is 0 Å². The van der Waals surface area contributed by atoms with E-state index < -0.39 is 31.1 Å². The Morgan fingerprint density at radius 2 is 2.04 bits per heavy atom. The molecule has 0 aliphatic carbocycles. The first-order valence-corrected chi connectivity index (χ1v) is 10.8. The first-order valence-electron chi connectivity index (χ1n) is 8.42. The second-order valence-electron chi connectivity index (χ2n) is 6.41. The molecule has 1 N–H and O–H groups in total. The summed E-state index contributed by atoms with van der Waals surface area (Å²) in [6.07, 6.45) is 1.40. The molecule has 0 atom stereocenters. The number of aromatic nitrogens is 1. The van der Waals surface area contributed by atoms with Gasteiger partial charge in [0.15, 0.2) is 5.13 Å². The Balaban J connectivity index is 1.76. The van der Waals surface area contributed by atoms with Crippen LogP contribution in [0.15, 0.2) is 28.5 Å². The molecule has 1 aliphatic heterocycles. The summed E-state index contributed by atoms with van der Waals surface area (Å²) in [5, 5.41) is 17.5. The SMILES string of the molecule is Cc1csc(NC2CCN(c3ccc(S(=O)(=O)C(F)F)cc3[N+](=O)[O-])CC2)n1. The maximum atomic E-state index is 12.7. The van der Waals surface area contributed by atoms with Gasteiger partial charge < -0.3 is 10.2 Å². The van der Waals surface area contributed by atoms with Crippen molar-refractivity contribution < 1.29 is 22.1 Å². The number of aryl methyl sites for hydroxylation is 1. The van der Waals surface area contributed by atoms with Gasteiger partial charge in [0, 0.05) is 30.6 Å². The molecular weight excluding hydrogens is 414 g/mol. The molecule has 2 aromatic rings. The number of halogens is 2. The lowest BCUT2D eigenvalue weighted by Gasteiger charge is -2.33. The minimum atomic E-state index is -4.89. The summed E-state index contributed by atoms with van der Waals surface area (Å²) in [6.45, 7) is 2.91. The van der Waals surface area contributed by atoms with Gasteiger partial charge in [0.2, 0.25) is 9.84 Å². The fraction of sp³-hybridized carbons (Fsp3) is 0.438. The summed E-state index contributed by atoms with van der Waals surface area (Å²) in [6, 6.07) is 3.09. The minimum absolute atomic E-state index is 0.166. The first kappa shape index (κ1) is 20.4. The molecule has 1 aromatic heterocycles. The number of nitro benzene ring substituents is 1.